The number of benzene rings is 2. The van der Waals surface area contributed by atoms with Crippen molar-refractivity contribution in [1.29, 1.82) is 0 Å². The molecule has 2 aromatic heterocycles. The number of para-hydroxylation sites is 1. The van der Waals surface area contributed by atoms with E-state index in [1.54, 1.807) is 30.8 Å². The summed E-state index contributed by atoms with van der Waals surface area (Å²) < 4.78 is 38.6. The van der Waals surface area contributed by atoms with Crippen LogP contribution in [0.2, 0.25) is 0 Å². The van der Waals surface area contributed by atoms with Crippen molar-refractivity contribution in [2.75, 3.05) is 38.7 Å². The number of anilines is 1. The van der Waals surface area contributed by atoms with E-state index in [1.165, 1.54) is 12.1 Å². The van der Waals surface area contributed by atoms with E-state index in [4.69, 9.17) is 9.26 Å². The number of hydrogen-bond acceptors (Lipinski definition) is 7. The quantitative estimate of drug-likeness (QED) is 0.331. The van der Waals surface area contributed by atoms with Crippen molar-refractivity contribution < 1.29 is 22.8 Å². The van der Waals surface area contributed by atoms with E-state index >= 15 is 0 Å². The number of nitrogens with zero attached hydrogens (tertiary/aromatic N) is 5. The van der Waals surface area contributed by atoms with Crippen LogP contribution in [0.15, 0.2) is 59.1 Å². The molecule has 2 N–H and O–H groups in total. The number of urea groups is 1. The summed E-state index contributed by atoms with van der Waals surface area (Å²) in [5, 5.41) is 14.2. The Bertz CT molecular complexity index is 1410. The summed E-state index contributed by atoms with van der Waals surface area (Å²) >= 11 is 0. The average molecular weight is 538 g/mol. The van der Waals surface area contributed by atoms with Crippen molar-refractivity contribution in [2.24, 2.45) is 0 Å². The lowest BCUT2D eigenvalue weighted by Crippen LogP contribution is -2.42. The molecule has 12 heteroatoms. The Balaban J connectivity index is 1.41. The molecule has 1 fully saturated rings. The summed E-state index contributed by atoms with van der Waals surface area (Å²) in [6.07, 6.45) is 0. The number of halogens is 2. The predicted octanol–water partition coefficient (Wildman–Crippen LogP) is 4.08. The van der Waals surface area contributed by atoms with Gasteiger partial charge in [-0.2, -0.15) is 10.1 Å². The summed E-state index contributed by atoms with van der Waals surface area (Å²) in [4.78, 5) is 19.6. The van der Waals surface area contributed by atoms with Gasteiger partial charge in [-0.05, 0) is 36.8 Å². The SMILES string of the molecule is COCCN1C[C@@H](NC(=O)Nc2c(C)c(-c3nc(CF)no3)nn2-c2ccccc2)[C@H](c2ccc(F)cc2)C1. The predicted molar refractivity (Wildman–Crippen MR) is 140 cm³/mol. The van der Waals surface area contributed by atoms with E-state index in [0.717, 1.165) is 5.56 Å². The second-order valence-corrected chi connectivity index (χ2v) is 9.33. The van der Waals surface area contributed by atoms with Crippen molar-refractivity contribution in [2.45, 2.75) is 25.6 Å². The van der Waals surface area contributed by atoms with E-state index in [9.17, 15) is 13.6 Å². The molecule has 0 aliphatic carbocycles. The third-order valence-electron chi connectivity index (χ3n) is 6.77. The van der Waals surface area contributed by atoms with Gasteiger partial charge < -0.3 is 14.6 Å². The third-order valence-corrected chi connectivity index (χ3v) is 6.77. The highest BCUT2D eigenvalue weighted by Crippen LogP contribution is 2.31. The first kappa shape index (κ1) is 26.4. The Morgan fingerprint density at radius 1 is 1.15 bits per heavy atom. The lowest BCUT2D eigenvalue weighted by atomic mass is 9.94. The minimum absolute atomic E-state index is 0.0404. The number of hydrogen-bond donors (Lipinski definition) is 2. The Kier molecular flexibility index (Phi) is 7.94. The smallest absolute Gasteiger partial charge is 0.320 e. The highest BCUT2D eigenvalue weighted by molar-refractivity contribution is 5.90. The van der Waals surface area contributed by atoms with Crippen LogP contribution >= 0.6 is 0 Å². The van der Waals surface area contributed by atoms with Crippen molar-refractivity contribution in [3.63, 3.8) is 0 Å². The van der Waals surface area contributed by atoms with E-state index < -0.39 is 12.7 Å². The van der Waals surface area contributed by atoms with Gasteiger partial charge in [0.25, 0.3) is 5.89 Å². The monoisotopic (exact) mass is 537 g/mol. The molecule has 10 nitrogen and oxygen atoms in total. The molecule has 204 valence electrons. The standard InChI is InChI=1S/C27H29F2N7O3/c1-17-24(26-31-23(14-28)34-39-26)33-36(20-6-4-3-5-7-20)25(17)32-27(37)30-22-16-35(12-13-38-2)15-21(22)18-8-10-19(29)11-9-18/h3-11,21-22H,12-16H2,1-2H3,(H2,30,32,37)/t21-,22+/m0/s1. The first-order valence-corrected chi connectivity index (χ1v) is 12.5. The second kappa shape index (κ2) is 11.7. The molecule has 0 radical (unpaired) electrons. The molecular weight excluding hydrogens is 508 g/mol. The van der Waals surface area contributed by atoms with E-state index in [1.807, 2.05) is 30.3 Å². The lowest BCUT2D eigenvalue weighted by molar-refractivity contribution is 0.159. The normalized spacial score (nSPS) is 17.4. The zero-order chi connectivity index (χ0) is 27.4. The van der Waals surface area contributed by atoms with Crippen LogP contribution in [-0.4, -0.2) is 70.2 Å². The molecule has 39 heavy (non-hydrogen) atoms. The highest BCUT2D eigenvalue weighted by Gasteiger charge is 2.35. The van der Waals surface area contributed by atoms with Gasteiger partial charge in [0.1, 0.15) is 11.6 Å². The van der Waals surface area contributed by atoms with Crippen molar-refractivity contribution in [1.82, 2.24) is 30.1 Å². The van der Waals surface area contributed by atoms with E-state index in [0.29, 0.717) is 49.0 Å². The zero-order valence-electron chi connectivity index (χ0n) is 21.6. The average Bonchev–Trinajstić information content (AvgIpc) is 3.66. The number of amides is 2. The molecule has 3 heterocycles. The number of likely N-dealkylation sites (tertiary alicyclic amines) is 1. The maximum atomic E-state index is 13.6. The summed E-state index contributed by atoms with van der Waals surface area (Å²) in [6.45, 7) is 3.47. The van der Waals surface area contributed by atoms with Crippen LogP contribution in [0, 0.1) is 12.7 Å². The van der Waals surface area contributed by atoms with Gasteiger partial charge >= 0.3 is 6.03 Å². The molecule has 1 aliphatic rings. The molecule has 0 unspecified atom stereocenters. The number of ether oxygens (including phenoxy) is 1. The van der Waals surface area contributed by atoms with Crippen LogP contribution in [0.25, 0.3) is 17.3 Å². The molecule has 2 amide bonds. The number of rotatable bonds is 9. The maximum absolute atomic E-state index is 13.6. The Labute approximate surface area is 224 Å². The molecule has 1 saturated heterocycles. The fraction of sp³-hybridized carbons (Fsp3) is 0.333. The van der Waals surface area contributed by atoms with Crippen LogP contribution < -0.4 is 10.6 Å². The van der Waals surface area contributed by atoms with Gasteiger partial charge in [0.15, 0.2) is 12.4 Å². The van der Waals surface area contributed by atoms with Crippen LogP contribution in [0.4, 0.5) is 19.4 Å². The number of carbonyl (C=O) groups is 1. The number of alkyl halides is 1. The number of aromatic nitrogens is 4. The van der Waals surface area contributed by atoms with E-state index in [-0.39, 0.29) is 29.5 Å². The molecule has 1 aliphatic heterocycles. The van der Waals surface area contributed by atoms with Gasteiger partial charge in [0.05, 0.1) is 18.3 Å². The first-order valence-electron chi connectivity index (χ1n) is 12.5. The van der Waals surface area contributed by atoms with Gasteiger partial charge in [-0.3, -0.25) is 10.2 Å². The van der Waals surface area contributed by atoms with Crippen LogP contribution in [0.1, 0.15) is 22.9 Å². The van der Waals surface area contributed by atoms with Gasteiger partial charge in [0.2, 0.25) is 5.82 Å². The van der Waals surface area contributed by atoms with Gasteiger partial charge in [-0.15, -0.1) is 0 Å². The Morgan fingerprint density at radius 3 is 2.62 bits per heavy atom. The summed E-state index contributed by atoms with van der Waals surface area (Å²) in [5.41, 5.74) is 2.54. The summed E-state index contributed by atoms with van der Waals surface area (Å²) in [7, 11) is 1.65. The number of methoxy groups -OCH3 is 1. The molecule has 2 atom stereocenters. The van der Waals surface area contributed by atoms with Gasteiger partial charge in [-0.25, -0.2) is 18.3 Å². The molecule has 2 aromatic carbocycles. The fourth-order valence-corrected chi connectivity index (χ4v) is 4.80. The van der Waals surface area contributed by atoms with Crippen molar-refractivity contribution in [3.05, 3.63) is 77.4 Å². The molecule has 4 aromatic rings. The first-order chi connectivity index (χ1) is 19.0. The Morgan fingerprint density at radius 2 is 1.92 bits per heavy atom. The van der Waals surface area contributed by atoms with Crippen LogP contribution in [0.3, 0.4) is 0 Å². The molecule has 0 spiro atoms. The summed E-state index contributed by atoms with van der Waals surface area (Å²) in [6, 6.07) is 15.0. The van der Waals surface area contributed by atoms with Crippen LogP contribution in [0.5, 0.6) is 0 Å². The maximum Gasteiger partial charge on any atom is 0.320 e. The van der Waals surface area contributed by atoms with Crippen molar-refractivity contribution in [3.8, 4) is 17.3 Å². The second-order valence-electron chi connectivity index (χ2n) is 9.33. The lowest BCUT2D eigenvalue weighted by Gasteiger charge is -2.21. The van der Waals surface area contributed by atoms with E-state index in [2.05, 4.69) is 30.8 Å². The highest BCUT2D eigenvalue weighted by atomic mass is 19.1. The minimum atomic E-state index is -0.868. The molecule has 5 rings (SSSR count). The number of carbonyl (C=O) groups excluding carboxylic acids is 1. The largest absolute Gasteiger partial charge is 0.383 e. The van der Waals surface area contributed by atoms with Gasteiger partial charge in [-0.1, -0.05) is 35.5 Å². The zero-order valence-corrected chi connectivity index (χ0v) is 21.6. The molecular formula is C27H29F2N7O3. The van der Waals surface area contributed by atoms with Gasteiger partial charge in [0, 0.05) is 38.2 Å². The molecule has 0 bridgehead atoms. The van der Waals surface area contributed by atoms with Crippen molar-refractivity contribution >= 4 is 11.8 Å². The summed E-state index contributed by atoms with van der Waals surface area (Å²) in [5.74, 6) is 0.0227. The molecule has 0 saturated carbocycles. The number of nitrogens with one attached hydrogen (secondary N) is 2. The Hall–Kier alpha value is -4.16. The topological polar surface area (TPSA) is 110 Å². The third kappa shape index (κ3) is 5.81. The minimum Gasteiger partial charge on any atom is -0.383 e. The van der Waals surface area contributed by atoms with Crippen LogP contribution in [-0.2, 0) is 11.4 Å². The fourth-order valence-electron chi connectivity index (χ4n) is 4.80.